The predicted octanol–water partition coefficient (Wildman–Crippen LogP) is 2.88. The van der Waals surface area contributed by atoms with E-state index in [1.807, 2.05) is 6.92 Å². The molecule has 0 radical (unpaired) electrons. The second kappa shape index (κ2) is 5.31. The highest BCUT2D eigenvalue weighted by Gasteiger charge is 2.13. The maximum atomic E-state index is 10.7. The number of hydrogen-bond acceptors (Lipinski definition) is 4. The molecule has 2 aromatic rings. The number of aromatic amines is 1. The van der Waals surface area contributed by atoms with Gasteiger partial charge in [-0.05, 0) is 12.5 Å². The molecule has 0 bridgehead atoms. The molecule has 18 heavy (non-hydrogen) atoms. The lowest BCUT2D eigenvalue weighted by molar-refractivity contribution is -0.384. The Morgan fingerprint density at radius 3 is 3.00 bits per heavy atom. The Balaban J connectivity index is 2.17. The van der Waals surface area contributed by atoms with E-state index in [1.54, 1.807) is 24.5 Å². The molecule has 1 aromatic heterocycles. The van der Waals surface area contributed by atoms with Crippen molar-refractivity contribution in [2.24, 2.45) is 0 Å². The van der Waals surface area contributed by atoms with Crippen LogP contribution in [0.5, 0.6) is 0 Å². The summed E-state index contributed by atoms with van der Waals surface area (Å²) in [5, 5.41) is 13.9. The molecule has 0 aliphatic heterocycles. The number of non-ortho nitro benzene ring substituents is 1. The molecule has 0 saturated carbocycles. The Bertz CT molecular complexity index is 525. The third-order valence-electron chi connectivity index (χ3n) is 2.66. The van der Waals surface area contributed by atoms with Crippen molar-refractivity contribution in [2.75, 3.05) is 5.32 Å². The summed E-state index contributed by atoms with van der Waals surface area (Å²) in [5.41, 5.74) is 0.793. The molecule has 0 aliphatic rings. The minimum absolute atomic E-state index is 0.0157. The van der Waals surface area contributed by atoms with Gasteiger partial charge in [-0.3, -0.25) is 10.1 Å². The summed E-state index contributed by atoms with van der Waals surface area (Å²) < 4.78 is 0. The van der Waals surface area contributed by atoms with Crippen LogP contribution in [0.1, 0.15) is 25.2 Å². The Morgan fingerprint density at radius 2 is 2.39 bits per heavy atom. The molecule has 1 unspecified atom stereocenters. The normalized spacial score (nSPS) is 12.1. The first-order chi connectivity index (χ1) is 8.70. The topological polar surface area (TPSA) is 83.8 Å². The van der Waals surface area contributed by atoms with Gasteiger partial charge in [0.2, 0.25) is 0 Å². The molecule has 94 valence electrons. The number of nitro benzene ring substituents is 1. The number of aromatic nitrogens is 2. The third kappa shape index (κ3) is 2.65. The van der Waals surface area contributed by atoms with E-state index in [1.165, 1.54) is 12.1 Å². The maximum absolute atomic E-state index is 10.7. The Labute approximate surface area is 104 Å². The lowest BCUT2D eigenvalue weighted by Crippen LogP contribution is -2.11. The molecule has 1 atom stereocenters. The van der Waals surface area contributed by atoms with Crippen LogP contribution < -0.4 is 5.32 Å². The summed E-state index contributed by atoms with van der Waals surface area (Å²) >= 11 is 0. The molecule has 1 aromatic carbocycles. The van der Waals surface area contributed by atoms with Gasteiger partial charge in [-0.15, -0.1) is 0 Å². The summed E-state index contributed by atoms with van der Waals surface area (Å²) in [7, 11) is 0. The van der Waals surface area contributed by atoms with Gasteiger partial charge in [0.05, 0.1) is 11.0 Å². The molecular formula is C12H14N4O2. The van der Waals surface area contributed by atoms with E-state index >= 15 is 0 Å². The summed E-state index contributed by atoms with van der Waals surface area (Å²) in [4.78, 5) is 17.5. The molecule has 0 amide bonds. The number of hydrogen-bond donors (Lipinski definition) is 2. The summed E-state index contributed by atoms with van der Waals surface area (Å²) in [6.45, 7) is 2.03. The van der Waals surface area contributed by atoms with E-state index in [9.17, 15) is 10.1 Å². The zero-order valence-corrected chi connectivity index (χ0v) is 9.96. The number of anilines is 1. The van der Waals surface area contributed by atoms with Gasteiger partial charge in [0.1, 0.15) is 5.82 Å². The molecule has 0 spiro atoms. The van der Waals surface area contributed by atoms with Gasteiger partial charge in [0.15, 0.2) is 0 Å². The maximum Gasteiger partial charge on any atom is 0.271 e. The quantitative estimate of drug-likeness (QED) is 0.627. The third-order valence-corrected chi connectivity index (χ3v) is 2.66. The van der Waals surface area contributed by atoms with Gasteiger partial charge in [0, 0.05) is 30.2 Å². The summed E-state index contributed by atoms with van der Waals surface area (Å²) in [5.74, 6) is 0.823. The number of H-pyrrole nitrogens is 1. The average molecular weight is 246 g/mol. The van der Waals surface area contributed by atoms with E-state index in [0.717, 1.165) is 12.2 Å². The Morgan fingerprint density at radius 1 is 1.56 bits per heavy atom. The van der Waals surface area contributed by atoms with Crippen molar-refractivity contribution in [3.8, 4) is 0 Å². The van der Waals surface area contributed by atoms with Gasteiger partial charge < -0.3 is 10.3 Å². The minimum Gasteiger partial charge on any atom is -0.375 e. The van der Waals surface area contributed by atoms with Crippen LogP contribution in [0.15, 0.2) is 36.7 Å². The highest BCUT2D eigenvalue weighted by atomic mass is 16.6. The van der Waals surface area contributed by atoms with Crippen molar-refractivity contribution in [3.05, 3.63) is 52.6 Å². The monoisotopic (exact) mass is 246 g/mol. The van der Waals surface area contributed by atoms with E-state index in [0.29, 0.717) is 5.69 Å². The molecular weight excluding hydrogens is 232 g/mol. The van der Waals surface area contributed by atoms with Crippen molar-refractivity contribution in [1.82, 2.24) is 9.97 Å². The Hall–Kier alpha value is -2.37. The van der Waals surface area contributed by atoms with E-state index in [-0.39, 0.29) is 11.7 Å². The summed E-state index contributed by atoms with van der Waals surface area (Å²) in [6.07, 6.45) is 4.27. The molecule has 0 aliphatic carbocycles. The number of nitrogens with zero attached hydrogens (tertiary/aromatic N) is 2. The van der Waals surface area contributed by atoms with E-state index in [2.05, 4.69) is 15.3 Å². The first-order valence-electron chi connectivity index (χ1n) is 5.71. The minimum atomic E-state index is -0.404. The predicted molar refractivity (Wildman–Crippen MR) is 68.3 cm³/mol. The van der Waals surface area contributed by atoms with Crippen molar-refractivity contribution in [3.63, 3.8) is 0 Å². The first kappa shape index (κ1) is 12.1. The fourth-order valence-electron chi connectivity index (χ4n) is 1.74. The number of nitro groups is 1. The fraction of sp³-hybridized carbons (Fsp3) is 0.250. The van der Waals surface area contributed by atoms with Crippen LogP contribution in [0.25, 0.3) is 0 Å². The number of nitrogens with one attached hydrogen (secondary N) is 2. The summed E-state index contributed by atoms with van der Waals surface area (Å²) in [6, 6.07) is 6.47. The van der Waals surface area contributed by atoms with Crippen LogP contribution >= 0.6 is 0 Å². The first-order valence-corrected chi connectivity index (χ1v) is 5.71. The van der Waals surface area contributed by atoms with Crippen LogP contribution in [-0.4, -0.2) is 14.9 Å². The smallest absolute Gasteiger partial charge is 0.271 e. The van der Waals surface area contributed by atoms with Crippen molar-refractivity contribution in [2.45, 2.75) is 19.4 Å². The van der Waals surface area contributed by atoms with Crippen LogP contribution in [0.4, 0.5) is 11.4 Å². The fourth-order valence-corrected chi connectivity index (χ4v) is 1.74. The van der Waals surface area contributed by atoms with E-state index < -0.39 is 4.92 Å². The van der Waals surface area contributed by atoms with Gasteiger partial charge in [-0.1, -0.05) is 13.0 Å². The average Bonchev–Trinajstić information content (AvgIpc) is 2.90. The molecule has 6 nitrogen and oxygen atoms in total. The van der Waals surface area contributed by atoms with E-state index in [4.69, 9.17) is 0 Å². The molecule has 6 heteroatoms. The lowest BCUT2D eigenvalue weighted by atomic mass is 10.2. The van der Waals surface area contributed by atoms with Crippen LogP contribution in [0, 0.1) is 10.1 Å². The second-order valence-electron chi connectivity index (χ2n) is 3.89. The van der Waals surface area contributed by atoms with Crippen LogP contribution in [-0.2, 0) is 0 Å². The SMILES string of the molecule is CCC(Nc1cccc([N+](=O)[O-])c1)c1ncc[nH]1. The highest BCUT2D eigenvalue weighted by Crippen LogP contribution is 2.23. The lowest BCUT2D eigenvalue weighted by Gasteiger charge is -2.15. The van der Waals surface area contributed by atoms with Gasteiger partial charge >= 0.3 is 0 Å². The zero-order chi connectivity index (χ0) is 13.0. The van der Waals surface area contributed by atoms with Gasteiger partial charge in [-0.2, -0.15) is 0 Å². The Kier molecular flexibility index (Phi) is 3.57. The number of imidazole rings is 1. The standard InChI is InChI=1S/C12H14N4O2/c1-2-11(12-13-6-7-14-12)15-9-4-3-5-10(8-9)16(17)18/h3-8,11,15H,2H2,1H3,(H,13,14). The highest BCUT2D eigenvalue weighted by molar-refractivity contribution is 5.51. The molecule has 2 N–H and O–H groups in total. The molecule has 0 saturated heterocycles. The van der Waals surface area contributed by atoms with Crippen molar-refractivity contribution >= 4 is 11.4 Å². The second-order valence-corrected chi connectivity index (χ2v) is 3.89. The molecule has 1 heterocycles. The van der Waals surface area contributed by atoms with Gasteiger partial charge in [-0.25, -0.2) is 4.98 Å². The van der Waals surface area contributed by atoms with Crippen LogP contribution in [0.2, 0.25) is 0 Å². The van der Waals surface area contributed by atoms with Crippen LogP contribution in [0.3, 0.4) is 0 Å². The molecule has 2 rings (SSSR count). The molecule has 0 fully saturated rings. The number of rotatable bonds is 5. The largest absolute Gasteiger partial charge is 0.375 e. The van der Waals surface area contributed by atoms with Gasteiger partial charge in [0.25, 0.3) is 5.69 Å². The van der Waals surface area contributed by atoms with Crippen molar-refractivity contribution in [1.29, 1.82) is 0 Å². The van der Waals surface area contributed by atoms with Crippen molar-refractivity contribution < 1.29 is 4.92 Å². The number of benzene rings is 1. The zero-order valence-electron chi connectivity index (χ0n) is 9.96.